The standard InChI is InChI=1S/C18H25ClN4O2.HI/c1-12(2)17-10-15(25-23-17)11-22-18(20-3)21-8-7-13-5-6-14(24-4)9-16(13)19;/h5-6,9-10,12H,7-8,11H2,1-4H3,(H2,20,21,22);1H. The quantitative estimate of drug-likeness (QED) is 0.347. The summed E-state index contributed by atoms with van der Waals surface area (Å²) in [5, 5.41) is 11.2. The van der Waals surface area contributed by atoms with Gasteiger partial charge < -0.3 is 19.9 Å². The number of aromatic nitrogens is 1. The molecule has 0 saturated heterocycles. The van der Waals surface area contributed by atoms with Crippen LogP contribution in [0, 0.1) is 0 Å². The smallest absolute Gasteiger partial charge is 0.191 e. The third-order valence-corrected chi connectivity index (χ3v) is 4.12. The fourth-order valence-corrected chi connectivity index (χ4v) is 2.51. The molecule has 26 heavy (non-hydrogen) atoms. The summed E-state index contributed by atoms with van der Waals surface area (Å²) in [7, 11) is 3.36. The number of benzene rings is 1. The molecule has 0 atom stereocenters. The minimum atomic E-state index is 0. The normalized spacial score (nSPS) is 11.2. The first-order valence-corrected chi connectivity index (χ1v) is 8.63. The van der Waals surface area contributed by atoms with E-state index in [1.807, 2.05) is 24.3 Å². The highest BCUT2D eigenvalue weighted by Crippen LogP contribution is 2.22. The van der Waals surface area contributed by atoms with Crippen molar-refractivity contribution in [2.45, 2.75) is 32.7 Å². The molecular formula is C18H26ClIN4O2. The Balaban J connectivity index is 0.00000338. The van der Waals surface area contributed by atoms with E-state index in [4.69, 9.17) is 20.9 Å². The molecular weight excluding hydrogens is 467 g/mol. The predicted octanol–water partition coefficient (Wildman–Crippen LogP) is 3.99. The van der Waals surface area contributed by atoms with Crippen molar-refractivity contribution in [3.8, 4) is 5.75 Å². The van der Waals surface area contributed by atoms with Crippen LogP contribution in [0.25, 0.3) is 0 Å². The molecule has 0 bridgehead atoms. The summed E-state index contributed by atoms with van der Waals surface area (Å²) >= 11 is 6.25. The van der Waals surface area contributed by atoms with E-state index in [2.05, 4.69) is 34.6 Å². The molecule has 8 heteroatoms. The van der Waals surface area contributed by atoms with E-state index in [1.54, 1.807) is 14.2 Å². The highest BCUT2D eigenvalue weighted by Gasteiger charge is 2.08. The molecule has 0 saturated carbocycles. The molecule has 6 nitrogen and oxygen atoms in total. The van der Waals surface area contributed by atoms with Crippen molar-refractivity contribution < 1.29 is 9.26 Å². The summed E-state index contributed by atoms with van der Waals surface area (Å²) in [5.74, 6) is 2.59. The van der Waals surface area contributed by atoms with Crippen LogP contribution < -0.4 is 15.4 Å². The summed E-state index contributed by atoms with van der Waals surface area (Å²) in [4.78, 5) is 4.21. The molecule has 0 aliphatic heterocycles. The van der Waals surface area contributed by atoms with E-state index < -0.39 is 0 Å². The summed E-state index contributed by atoms with van der Waals surface area (Å²) in [6.07, 6.45) is 0.781. The summed E-state index contributed by atoms with van der Waals surface area (Å²) in [6.45, 7) is 5.40. The van der Waals surface area contributed by atoms with Crippen LogP contribution in [-0.2, 0) is 13.0 Å². The Hall–Kier alpha value is -1.48. The third-order valence-electron chi connectivity index (χ3n) is 3.77. The number of hydrogen-bond acceptors (Lipinski definition) is 4. The maximum atomic E-state index is 6.25. The van der Waals surface area contributed by atoms with Gasteiger partial charge in [-0.2, -0.15) is 0 Å². The Morgan fingerprint density at radius 3 is 2.65 bits per heavy atom. The van der Waals surface area contributed by atoms with Gasteiger partial charge in [0.1, 0.15) is 5.75 Å². The highest BCUT2D eigenvalue weighted by molar-refractivity contribution is 14.0. The first-order chi connectivity index (χ1) is 12.0. The molecule has 0 spiro atoms. The van der Waals surface area contributed by atoms with Gasteiger partial charge in [-0.1, -0.05) is 36.7 Å². The Morgan fingerprint density at radius 1 is 1.31 bits per heavy atom. The van der Waals surface area contributed by atoms with Crippen LogP contribution in [0.4, 0.5) is 0 Å². The summed E-state index contributed by atoms with van der Waals surface area (Å²) < 4.78 is 10.5. The zero-order valence-corrected chi connectivity index (χ0v) is 18.6. The predicted molar refractivity (Wildman–Crippen MR) is 116 cm³/mol. The average molecular weight is 493 g/mol. The number of guanidine groups is 1. The maximum Gasteiger partial charge on any atom is 0.191 e. The number of aliphatic imine (C=N–C) groups is 1. The van der Waals surface area contributed by atoms with Crippen LogP contribution >= 0.6 is 35.6 Å². The van der Waals surface area contributed by atoms with Gasteiger partial charge in [-0.25, -0.2) is 0 Å². The van der Waals surface area contributed by atoms with E-state index in [-0.39, 0.29) is 24.0 Å². The molecule has 0 unspecified atom stereocenters. The van der Waals surface area contributed by atoms with E-state index in [0.29, 0.717) is 30.0 Å². The van der Waals surface area contributed by atoms with Gasteiger partial charge in [0.2, 0.25) is 0 Å². The minimum absolute atomic E-state index is 0. The zero-order valence-electron chi connectivity index (χ0n) is 15.5. The summed E-state index contributed by atoms with van der Waals surface area (Å²) in [6, 6.07) is 7.66. The largest absolute Gasteiger partial charge is 0.497 e. The Kier molecular flexibility index (Phi) is 9.79. The minimum Gasteiger partial charge on any atom is -0.497 e. The lowest BCUT2D eigenvalue weighted by atomic mass is 10.1. The number of methoxy groups -OCH3 is 1. The highest BCUT2D eigenvalue weighted by atomic mass is 127. The number of rotatable bonds is 7. The fourth-order valence-electron chi connectivity index (χ4n) is 2.25. The van der Waals surface area contributed by atoms with Crippen LogP contribution in [0.2, 0.25) is 5.02 Å². The molecule has 0 aliphatic rings. The van der Waals surface area contributed by atoms with Crippen molar-refractivity contribution in [2.24, 2.45) is 4.99 Å². The van der Waals surface area contributed by atoms with Crippen LogP contribution in [-0.4, -0.2) is 31.8 Å². The Labute approximate surface area is 176 Å². The lowest BCUT2D eigenvalue weighted by molar-refractivity contribution is 0.372. The fraction of sp³-hybridized carbons (Fsp3) is 0.444. The second kappa shape index (κ2) is 11.3. The van der Waals surface area contributed by atoms with Crippen LogP contribution in [0.1, 0.15) is 36.8 Å². The number of nitrogens with one attached hydrogen (secondary N) is 2. The molecule has 1 aromatic carbocycles. The Bertz CT molecular complexity index is 719. The van der Waals surface area contributed by atoms with Crippen molar-refractivity contribution in [3.63, 3.8) is 0 Å². The van der Waals surface area contributed by atoms with Gasteiger partial charge in [-0.05, 0) is 30.0 Å². The second-order valence-electron chi connectivity index (χ2n) is 5.93. The van der Waals surface area contributed by atoms with E-state index in [1.165, 1.54) is 0 Å². The van der Waals surface area contributed by atoms with E-state index in [0.717, 1.165) is 29.2 Å². The molecule has 0 aliphatic carbocycles. The van der Waals surface area contributed by atoms with Crippen molar-refractivity contribution in [3.05, 3.63) is 46.3 Å². The van der Waals surface area contributed by atoms with Gasteiger partial charge >= 0.3 is 0 Å². The first-order valence-electron chi connectivity index (χ1n) is 8.26. The van der Waals surface area contributed by atoms with Gasteiger partial charge in [0.15, 0.2) is 11.7 Å². The molecule has 2 aromatic rings. The molecule has 1 heterocycles. The molecule has 0 amide bonds. The van der Waals surface area contributed by atoms with Crippen molar-refractivity contribution in [2.75, 3.05) is 20.7 Å². The van der Waals surface area contributed by atoms with Crippen LogP contribution in [0.15, 0.2) is 33.8 Å². The topological polar surface area (TPSA) is 71.7 Å². The van der Waals surface area contributed by atoms with Crippen LogP contribution in [0.5, 0.6) is 5.75 Å². The SMILES string of the molecule is CN=C(NCCc1ccc(OC)cc1Cl)NCc1cc(C(C)C)no1.I. The lowest BCUT2D eigenvalue weighted by Gasteiger charge is -2.11. The number of halogens is 2. The number of hydrogen-bond donors (Lipinski definition) is 2. The second-order valence-corrected chi connectivity index (χ2v) is 6.34. The van der Waals surface area contributed by atoms with Gasteiger partial charge in [0.25, 0.3) is 0 Å². The van der Waals surface area contributed by atoms with Crippen molar-refractivity contribution >= 4 is 41.5 Å². The van der Waals surface area contributed by atoms with Gasteiger partial charge in [0, 0.05) is 24.7 Å². The molecule has 144 valence electrons. The summed E-state index contributed by atoms with van der Waals surface area (Å²) in [5.41, 5.74) is 2.01. The van der Waals surface area contributed by atoms with Crippen molar-refractivity contribution in [1.29, 1.82) is 0 Å². The van der Waals surface area contributed by atoms with Gasteiger partial charge in [0.05, 0.1) is 19.3 Å². The lowest BCUT2D eigenvalue weighted by Crippen LogP contribution is -2.37. The van der Waals surface area contributed by atoms with Crippen LogP contribution in [0.3, 0.4) is 0 Å². The zero-order chi connectivity index (χ0) is 18.2. The molecule has 0 fully saturated rings. The number of nitrogens with zero attached hydrogens (tertiary/aromatic N) is 2. The van der Waals surface area contributed by atoms with E-state index in [9.17, 15) is 0 Å². The Morgan fingerprint density at radius 2 is 2.08 bits per heavy atom. The van der Waals surface area contributed by atoms with E-state index >= 15 is 0 Å². The third kappa shape index (κ3) is 6.68. The maximum absolute atomic E-state index is 6.25. The first kappa shape index (κ1) is 22.6. The van der Waals surface area contributed by atoms with Gasteiger partial charge in [-0.3, -0.25) is 4.99 Å². The average Bonchev–Trinajstić information content (AvgIpc) is 3.08. The van der Waals surface area contributed by atoms with Gasteiger partial charge in [-0.15, -0.1) is 24.0 Å². The molecule has 1 aromatic heterocycles. The number of ether oxygens (including phenoxy) is 1. The molecule has 2 N–H and O–H groups in total. The van der Waals surface area contributed by atoms with Crippen molar-refractivity contribution in [1.82, 2.24) is 15.8 Å². The monoisotopic (exact) mass is 492 g/mol. The molecule has 0 radical (unpaired) electrons. The molecule has 2 rings (SSSR count).